The molecule has 36 heteroatoms. The Morgan fingerprint density at radius 2 is 0.856 bits per heavy atom. The summed E-state index contributed by atoms with van der Waals surface area (Å²) >= 11 is 15.1. The van der Waals surface area contributed by atoms with Gasteiger partial charge in [-0.2, -0.15) is 0 Å². The first kappa shape index (κ1) is 94.8. The van der Waals surface area contributed by atoms with Crippen LogP contribution >= 0.6 is 95.2 Å². The minimum absolute atomic E-state index is 0.0303. The zero-order valence-electron chi connectivity index (χ0n) is 66.5. The van der Waals surface area contributed by atoms with Crippen LogP contribution in [0.3, 0.4) is 0 Å². The molecule has 7 aromatic rings. The summed E-state index contributed by atoms with van der Waals surface area (Å²) in [6.45, 7) is 1.42. The largest absolute Gasteiger partial charge is 0.370 e. The Kier molecular flexibility index (Phi) is 36.3. The third-order valence-corrected chi connectivity index (χ3v) is 26.0. The molecule has 0 aromatic heterocycles. The van der Waals surface area contributed by atoms with Crippen molar-refractivity contribution in [3.63, 3.8) is 0 Å². The van der Waals surface area contributed by atoms with Crippen LogP contribution in [-0.4, -0.2) is 226 Å². The van der Waals surface area contributed by atoms with Gasteiger partial charge in [-0.3, -0.25) is 54.6 Å². The molecule has 118 heavy (non-hydrogen) atoms. The van der Waals surface area contributed by atoms with Crippen LogP contribution in [0.5, 0.6) is 0 Å². The summed E-state index contributed by atoms with van der Waals surface area (Å²) in [5.41, 5.74) is 4.87. The van der Waals surface area contributed by atoms with Crippen LogP contribution in [0.4, 0.5) is 30.7 Å². The van der Waals surface area contributed by atoms with Gasteiger partial charge in [0.05, 0.1) is 41.9 Å². The van der Waals surface area contributed by atoms with Crippen LogP contribution < -0.4 is 0 Å². The minimum atomic E-state index is -0.811. The molecule has 15 atom stereocenters. The van der Waals surface area contributed by atoms with Gasteiger partial charge >= 0.3 is 0 Å². The van der Waals surface area contributed by atoms with Crippen molar-refractivity contribution in [1.82, 2.24) is 30.1 Å². The summed E-state index contributed by atoms with van der Waals surface area (Å²) in [6, 6.07) is 44.1. The standard InChI is InChI=1S/C13H17NO2S.C13H15NO2S.C12H15NO2S.C11H11ClFNO2S.3C11H11F2NO2S/c2*1-16-12-11(14(17-2)13(12)15)9-8-10-6-4-3-5-7-10;1-16-13-10(9-5-3-2-4-6-9)11-12(13)15-8-7-14-11;1-16-10-9(14(17-2)11(10)15)6-3-4-7(12)8(13)5-6;1-16-10-9(14(17-2)11(10)15)6-3-7(12)5-8(13)4-6;1-16-10-9(14(17-2)11(10)15)7-5-6(12)3-4-8(7)13;1-16-10-9(14(17-2)11(10)15)8-6(12)4-3-5-7(8)13/h3-7,11-12H,8-9H2,1-2H3;3-9,11-12H,1-2H3;2-6,10-12H,7-8H2,1H3;4*3-5,9-10H,1-2H3/b;9-8+;;;;;. The first-order valence-corrected chi connectivity index (χ1v) is 45.1. The predicted molar refractivity (Wildman–Crippen MR) is 450 cm³/mol. The van der Waals surface area contributed by atoms with Crippen LogP contribution in [0.25, 0.3) is 6.08 Å². The molecule has 8 aliphatic heterocycles. The number of aryl methyl sites for hydroxylation is 1. The number of rotatable bonds is 23. The smallest absolute Gasteiger partial charge is 0.264 e. The Hall–Kier alpha value is -7.01. The molecule has 15 unspecified atom stereocenters. The average molecular weight is 1790 g/mol. The van der Waals surface area contributed by atoms with Crippen LogP contribution in [0.2, 0.25) is 5.02 Å². The van der Waals surface area contributed by atoms with Gasteiger partial charge in [0.1, 0.15) is 77.2 Å². The summed E-state index contributed by atoms with van der Waals surface area (Å²) < 4.78 is 147. The van der Waals surface area contributed by atoms with E-state index >= 15 is 0 Å². The molecule has 0 saturated carbocycles. The van der Waals surface area contributed by atoms with Crippen molar-refractivity contribution >= 4 is 137 Å². The van der Waals surface area contributed by atoms with E-state index in [1.807, 2.05) is 83.6 Å². The topological polar surface area (TPSA) is 199 Å². The summed E-state index contributed by atoms with van der Waals surface area (Å²) in [6.07, 6.45) is 15.8. The predicted octanol–water partition coefficient (Wildman–Crippen LogP) is 15.5. The number of halogens is 8. The van der Waals surface area contributed by atoms with Crippen molar-refractivity contribution in [1.29, 1.82) is 0 Å². The number of β-lactam (4-membered cyclic amide) rings is 6. The third-order valence-electron chi connectivity index (χ3n) is 19.9. The lowest BCUT2D eigenvalue weighted by atomic mass is 9.92. The molecule has 21 nitrogen and oxygen atoms in total. The second kappa shape index (κ2) is 45.2. The van der Waals surface area contributed by atoms with E-state index in [1.165, 1.54) is 155 Å². The molecule has 8 saturated heterocycles. The lowest BCUT2D eigenvalue weighted by Crippen LogP contribution is -2.63. The van der Waals surface area contributed by atoms with Crippen molar-refractivity contribution in [2.45, 2.75) is 104 Å². The summed E-state index contributed by atoms with van der Waals surface area (Å²) in [5, 5.41) is 0.0732. The maximum Gasteiger partial charge on any atom is 0.264 e. The number of methoxy groups -OCH3 is 6. The Morgan fingerprint density at radius 3 is 1.36 bits per heavy atom. The highest BCUT2D eigenvalue weighted by Gasteiger charge is 2.55. The van der Waals surface area contributed by atoms with Gasteiger partial charge in [0.2, 0.25) is 0 Å². The van der Waals surface area contributed by atoms with E-state index in [1.54, 1.807) is 65.9 Å². The minimum Gasteiger partial charge on any atom is -0.370 e. The van der Waals surface area contributed by atoms with E-state index in [2.05, 4.69) is 47.0 Å². The van der Waals surface area contributed by atoms with Crippen LogP contribution in [0.1, 0.15) is 75.6 Å². The molecular formula is C82H91ClF7N7O14S7. The highest BCUT2D eigenvalue weighted by atomic mass is 35.5. The molecule has 8 fully saturated rings. The number of fused-ring (bicyclic) bond motifs is 1. The molecule has 6 amide bonds. The van der Waals surface area contributed by atoms with E-state index in [0.29, 0.717) is 30.4 Å². The van der Waals surface area contributed by atoms with Crippen molar-refractivity contribution in [2.75, 3.05) is 99.7 Å². The molecule has 636 valence electrons. The normalized spacial score (nSPS) is 25.2. The van der Waals surface area contributed by atoms with E-state index in [9.17, 15) is 59.5 Å². The first-order valence-electron chi connectivity index (χ1n) is 36.4. The van der Waals surface area contributed by atoms with Gasteiger partial charge in [0.15, 0.2) is 36.6 Å². The van der Waals surface area contributed by atoms with Gasteiger partial charge in [0.25, 0.3) is 35.4 Å². The Labute approximate surface area is 717 Å². The number of amides is 6. The highest BCUT2D eigenvalue weighted by molar-refractivity contribution is 7.98. The Morgan fingerprint density at radius 1 is 0.398 bits per heavy atom. The summed E-state index contributed by atoms with van der Waals surface area (Å²) in [7, 11) is 8.79. The van der Waals surface area contributed by atoms with Gasteiger partial charge in [-0.05, 0) is 102 Å². The summed E-state index contributed by atoms with van der Waals surface area (Å²) in [4.78, 5) is 69.5. The van der Waals surface area contributed by atoms with Gasteiger partial charge in [-0.25, -0.2) is 35.0 Å². The van der Waals surface area contributed by atoms with Crippen LogP contribution in [0.15, 0.2) is 170 Å². The number of carbonyl (C=O) groups excluding carboxylic acids is 6. The maximum absolute atomic E-state index is 13.6. The van der Waals surface area contributed by atoms with Crippen molar-refractivity contribution in [3.8, 4) is 0 Å². The molecule has 0 spiro atoms. The van der Waals surface area contributed by atoms with Crippen LogP contribution in [0, 0.1) is 40.7 Å². The molecule has 0 bridgehead atoms. The van der Waals surface area contributed by atoms with Gasteiger partial charge in [0, 0.05) is 91.8 Å². The number of carbonyl (C=O) groups is 6. The maximum atomic E-state index is 13.6. The van der Waals surface area contributed by atoms with Gasteiger partial charge < -0.3 is 37.9 Å². The monoisotopic (exact) mass is 1790 g/mol. The second-order valence-corrected chi connectivity index (χ2v) is 32.1. The molecule has 0 aliphatic carbocycles. The van der Waals surface area contributed by atoms with Crippen molar-refractivity contribution in [2.24, 2.45) is 0 Å². The molecule has 7 aromatic carbocycles. The zero-order valence-corrected chi connectivity index (χ0v) is 72.9. The Bertz CT molecular complexity index is 4440. The van der Waals surface area contributed by atoms with Crippen molar-refractivity contribution < 1.29 is 97.4 Å². The lowest BCUT2D eigenvalue weighted by Gasteiger charge is -2.54. The highest BCUT2D eigenvalue weighted by Crippen LogP contribution is 2.49. The van der Waals surface area contributed by atoms with Crippen LogP contribution in [-0.2, 0) is 73.1 Å². The second-order valence-electron chi connectivity index (χ2n) is 26.3. The Balaban J connectivity index is 0.000000157. The molecule has 15 rings (SSSR count). The molecule has 0 radical (unpaired) electrons. The van der Waals surface area contributed by atoms with Gasteiger partial charge in [-0.15, -0.1) is 0 Å². The molecular weight excluding hydrogens is 1700 g/mol. The third kappa shape index (κ3) is 21.4. The number of ether oxygens (including phenoxy) is 8. The summed E-state index contributed by atoms with van der Waals surface area (Å²) in [5.74, 6) is -4.84. The quantitative estimate of drug-likeness (QED) is 0.0332. The number of nitrogens with zero attached hydrogens (tertiary/aromatic N) is 7. The first-order chi connectivity index (χ1) is 56.8. The fraction of sp³-hybridized carbons (Fsp3) is 0.390. The number of hydrogen-bond acceptors (Lipinski definition) is 22. The van der Waals surface area contributed by atoms with Gasteiger partial charge in [-0.1, -0.05) is 211 Å². The van der Waals surface area contributed by atoms with E-state index in [-0.39, 0.29) is 94.3 Å². The van der Waals surface area contributed by atoms with E-state index in [4.69, 9.17) is 49.5 Å². The number of benzene rings is 7. The SMILES string of the molecule is COC1C(=O)N(SC)C1/C=C/c1ccccc1.COC1C(=O)N(SC)C1CCc1ccccc1.COC1C(=O)N(SC)C1c1c(F)cccc1F.COC1C(=O)N(SC)C1c1cc(F)cc(F)c1.COC1C(=O)N(SC)C1c1cc(F)ccc1F.COC1C(=O)N(SC)C1c1ccc(Cl)c(F)c1.CSN1C2OCCOC2C1c1ccccc1. The number of hydrogen-bond donors (Lipinski definition) is 0. The van der Waals surface area contributed by atoms with Crippen molar-refractivity contribution in [3.05, 3.63) is 255 Å². The van der Waals surface area contributed by atoms with E-state index in [0.717, 1.165) is 54.6 Å². The lowest BCUT2D eigenvalue weighted by molar-refractivity contribution is -0.260. The molecule has 8 heterocycles. The zero-order chi connectivity index (χ0) is 85.8. The molecule has 8 aliphatic rings. The average Bonchev–Trinajstić information content (AvgIpc) is 0.756. The fourth-order valence-electron chi connectivity index (χ4n) is 14.1. The van der Waals surface area contributed by atoms with E-state index < -0.39 is 83.3 Å². The molecule has 0 N–H and O–H groups in total. The fourth-order valence-corrected chi connectivity index (χ4v) is 19.5.